The lowest BCUT2D eigenvalue weighted by molar-refractivity contribution is 0.201. The summed E-state index contributed by atoms with van der Waals surface area (Å²) in [6.45, 7) is 9.01. The Labute approximate surface area is 201 Å². The Morgan fingerprint density at radius 3 is 2.06 bits per heavy atom. The van der Waals surface area contributed by atoms with Crippen molar-refractivity contribution >= 4 is 21.8 Å². The molecule has 0 radical (unpaired) electrons. The van der Waals surface area contributed by atoms with Gasteiger partial charge in [-0.2, -0.15) is 8.42 Å². The molecule has 0 aliphatic carbocycles. The van der Waals surface area contributed by atoms with Crippen molar-refractivity contribution in [3.63, 3.8) is 0 Å². The van der Waals surface area contributed by atoms with Crippen molar-refractivity contribution in [2.75, 3.05) is 11.6 Å². The number of carbonyl (C=O) groups excluding carboxylic acids is 1. The van der Waals surface area contributed by atoms with E-state index in [2.05, 4.69) is 33.0 Å². The minimum atomic E-state index is -3.60. The zero-order valence-electron chi connectivity index (χ0n) is 20.2. The van der Waals surface area contributed by atoms with Crippen LogP contribution in [0, 0.1) is 0 Å². The van der Waals surface area contributed by atoms with Crippen LogP contribution < -0.4 is 9.50 Å². The van der Waals surface area contributed by atoms with E-state index in [-0.39, 0.29) is 30.2 Å². The molecule has 0 unspecified atom stereocenters. The minimum Gasteiger partial charge on any atom is -0.467 e. The number of benzene rings is 2. The summed E-state index contributed by atoms with van der Waals surface area (Å²) in [4.78, 5) is 15.2. The van der Waals surface area contributed by atoms with Gasteiger partial charge >= 0.3 is 16.1 Å². The Balaban J connectivity index is 1.87. The number of hydrogen-bond acceptors (Lipinski definition) is 5. The highest BCUT2D eigenvalue weighted by Gasteiger charge is 2.21. The van der Waals surface area contributed by atoms with Crippen LogP contribution in [0.5, 0.6) is 5.75 Å². The molecule has 0 aliphatic heterocycles. The number of amides is 2. The standard InChI is InChI=1S/C26H32N2O5S/c1-18(2)23-9-6-10-24(19(3)4)25(23)27-26(29)28(17-22-8-7-15-32-22)16-20-11-13-21(14-12-20)33-34(5,30)31/h6-15,18-19H,16-17H2,1-5H3,(H,27,29). The van der Waals surface area contributed by atoms with Gasteiger partial charge in [0.1, 0.15) is 11.5 Å². The van der Waals surface area contributed by atoms with Crippen molar-refractivity contribution in [1.29, 1.82) is 0 Å². The van der Waals surface area contributed by atoms with E-state index in [1.54, 1.807) is 41.5 Å². The van der Waals surface area contributed by atoms with Gasteiger partial charge in [0, 0.05) is 12.2 Å². The van der Waals surface area contributed by atoms with E-state index in [9.17, 15) is 13.2 Å². The van der Waals surface area contributed by atoms with Gasteiger partial charge in [-0.3, -0.25) is 0 Å². The monoisotopic (exact) mass is 484 g/mol. The number of para-hydroxylation sites is 1. The Bertz CT molecular complexity index is 1170. The third kappa shape index (κ3) is 6.87. The van der Waals surface area contributed by atoms with E-state index >= 15 is 0 Å². The third-order valence-electron chi connectivity index (χ3n) is 5.36. The first-order valence-electron chi connectivity index (χ1n) is 11.2. The van der Waals surface area contributed by atoms with Gasteiger partial charge < -0.3 is 18.8 Å². The molecular weight excluding hydrogens is 452 g/mol. The lowest BCUT2D eigenvalue weighted by Crippen LogP contribution is -2.34. The topological polar surface area (TPSA) is 88.9 Å². The average Bonchev–Trinajstić information content (AvgIpc) is 3.26. The lowest BCUT2D eigenvalue weighted by atomic mass is 9.93. The molecule has 1 aromatic heterocycles. The number of furan rings is 1. The molecule has 7 nitrogen and oxygen atoms in total. The summed E-state index contributed by atoms with van der Waals surface area (Å²) in [6.07, 6.45) is 2.57. The first-order valence-corrected chi connectivity index (χ1v) is 13.0. The summed E-state index contributed by atoms with van der Waals surface area (Å²) < 4.78 is 33.1. The van der Waals surface area contributed by atoms with Gasteiger partial charge in [0.2, 0.25) is 0 Å². The summed E-state index contributed by atoms with van der Waals surface area (Å²) >= 11 is 0. The molecule has 34 heavy (non-hydrogen) atoms. The second-order valence-corrected chi connectivity index (χ2v) is 10.5. The maximum atomic E-state index is 13.5. The molecule has 3 aromatic rings. The highest BCUT2D eigenvalue weighted by Crippen LogP contribution is 2.33. The van der Waals surface area contributed by atoms with Crippen LogP contribution in [-0.2, 0) is 23.2 Å². The van der Waals surface area contributed by atoms with E-state index in [1.165, 1.54) is 0 Å². The van der Waals surface area contributed by atoms with Crippen molar-refractivity contribution in [3.05, 3.63) is 83.3 Å². The normalized spacial score (nSPS) is 11.6. The van der Waals surface area contributed by atoms with Crippen molar-refractivity contribution in [2.45, 2.75) is 52.6 Å². The Morgan fingerprint density at radius 1 is 0.941 bits per heavy atom. The van der Waals surface area contributed by atoms with E-state index < -0.39 is 10.1 Å². The number of urea groups is 1. The van der Waals surface area contributed by atoms with Crippen LogP contribution in [0.4, 0.5) is 10.5 Å². The molecule has 1 heterocycles. The highest BCUT2D eigenvalue weighted by molar-refractivity contribution is 7.86. The molecule has 0 saturated heterocycles. The molecule has 0 saturated carbocycles. The summed E-state index contributed by atoms with van der Waals surface area (Å²) in [5, 5.41) is 3.16. The Kier molecular flexibility index (Phi) is 8.04. The molecule has 2 aromatic carbocycles. The molecule has 182 valence electrons. The van der Waals surface area contributed by atoms with E-state index in [4.69, 9.17) is 8.60 Å². The summed E-state index contributed by atoms with van der Waals surface area (Å²) in [5.41, 5.74) is 3.84. The second kappa shape index (κ2) is 10.8. The van der Waals surface area contributed by atoms with E-state index in [0.717, 1.165) is 28.6 Å². The fourth-order valence-corrected chi connectivity index (χ4v) is 4.18. The van der Waals surface area contributed by atoms with Crippen molar-refractivity contribution in [3.8, 4) is 5.75 Å². The first-order chi connectivity index (χ1) is 16.0. The summed E-state index contributed by atoms with van der Waals surface area (Å²) in [7, 11) is -3.60. The van der Waals surface area contributed by atoms with Gasteiger partial charge in [-0.05, 0) is 52.8 Å². The average molecular weight is 485 g/mol. The summed E-state index contributed by atoms with van der Waals surface area (Å²) in [6, 6.07) is 16.1. The van der Waals surface area contributed by atoms with Crippen LogP contribution in [0.3, 0.4) is 0 Å². The number of carbonyl (C=O) groups is 1. The van der Waals surface area contributed by atoms with Crippen LogP contribution in [0.15, 0.2) is 65.3 Å². The van der Waals surface area contributed by atoms with E-state index in [1.807, 2.05) is 24.3 Å². The zero-order valence-corrected chi connectivity index (χ0v) is 21.1. The van der Waals surface area contributed by atoms with Crippen LogP contribution in [0.1, 0.15) is 62.0 Å². The number of anilines is 1. The molecule has 0 atom stereocenters. The first kappa shape index (κ1) is 25.4. The van der Waals surface area contributed by atoms with Crippen molar-refractivity contribution < 1.29 is 21.8 Å². The van der Waals surface area contributed by atoms with Crippen molar-refractivity contribution in [1.82, 2.24) is 4.90 Å². The molecule has 0 fully saturated rings. The van der Waals surface area contributed by atoms with Crippen LogP contribution in [-0.4, -0.2) is 25.6 Å². The minimum absolute atomic E-state index is 0.223. The van der Waals surface area contributed by atoms with Crippen LogP contribution in [0.25, 0.3) is 0 Å². The molecular formula is C26H32N2O5S. The number of rotatable bonds is 9. The van der Waals surface area contributed by atoms with E-state index in [0.29, 0.717) is 12.3 Å². The Morgan fingerprint density at radius 2 is 1.56 bits per heavy atom. The molecule has 8 heteroatoms. The zero-order chi connectivity index (χ0) is 24.9. The Hall–Kier alpha value is -3.26. The predicted octanol–water partition coefficient (Wildman–Crippen LogP) is 6.10. The van der Waals surface area contributed by atoms with Gasteiger partial charge in [-0.15, -0.1) is 0 Å². The van der Waals surface area contributed by atoms with Crippen LogP contribution in [0.2, 0.25) is 0 Å². The maximum absolute atomic E-state index is 13.5. The molecule has 1 N–H and O–H groups in total. The number of nitrogens with zero attached hydrogens (tertiary/aromatic N) is 1. The second-order valence-electron chi connectivity index (χ2n) is 8.92. The smallest absolute Gasteiger partial charge is 0.322 e. The van der Waals surface area contributed by atoms with Gasteiger partial charge in [0.15, 0.2) is 0 Å². The van der Waals surface area contributed by atoms with Gasteiger partial charge in [-0.25, -0.2) is 4.79 Å². The quantitative estimate of drug-likeness (QED) is 0.371. The molecule has 0 aliphatic rings. The number of nitrogens with one attached hydrogen (secondary N) is 1. The van der Waals surface area contributed by atoms with Gasteiger partial charge in [0.05, 0.1) is 19.1 Å². The third-order valence-corrected chi connectivity index (χ3v) is 5.86. The fraction of sp³-hybridized carbons (Fsp3) is 0.346. The highest BCUT2D eigenvalue weighted by atomic mass is 32.2. The largest absolute Gasteiger partial charge is 0.467 e. The lowest BCUT2D eigenvalue weighted by Gasteiger charge is -2.26. The molecule has 0 spiro atoms. The molecule has 2 amide bonds. The SMILES string of the molecule is CC(C)c1cccc(C(C)C)c1NC(=O)N(Cc1ccc(OS(C)(=O)=O)cc1)Cc1ccco1. The summed E-state index contributed by atoms with van der Waals surface area (Å²) in [5.74, 6) is 1.37. The fourth-order valence-electron chi connectivity index (χ4n) is 3.72. The number of hydrogen-bond donors (Lipinski definition) is 1. The molecule has 0 bridgehead atoms. The maximum Gasteiger partial charge on any atom is 0.322 e. The molecule has 3 rings (SSSR count). The van der Waals surface area contributed by atoms with Crippen LogP contribution >= 0.6 is 0 Å². The predicted molar refractivity (Wildman–Crippen MR) is 134 cm³/mol. The van der Waals surface area contributed by atoms with Crippen molar-refractivity contribution in [2.24, 2.45) is 0 Å². The van der Waals surface area contributed by atoms with Gasteiger partial charge in [0.25, 0.3) is 0 Å². The van der Waals surface area contributed by atoms with Gasteiger partial charge in [-0.1, -0.05) is 58.0 Å².